The molecule has 1 saturated heterocycles. The van der Waals surface area contributed by atoms with Crippen molar-refractivity contribution < 1.29 is 13.2 Å². The Bertz CT molecular complexity index is 1380. The molecule has 1 aliphatic carbocycles. The third kappa shape index (κ3) is 3.86. The van der Waals surface area contributed by atoms with E-state index in [2.05, 4.69) is 31.5 Å². The maximum atomic E-state index is 12.9. The molecule has 1 aromatic carbocycles. The number of aromatic nitrogens is 3. The average Bonchev–Trinajstić information content (AvgIpc) is 3.37. The molecule has 0 spiro atoms. The quantitative estimate of drug-likeness (QED) is 0.587. The predicted octanol–water partition coefficient (Wildman–Crippen LogP) is 2.52. The number of hydrogen-bond acceptors (Lipinski definition) is 6. The number of rotatable bonds is 4. The Morgan fingerprint density at radius 2 is 1.91 bits per heavy atom. The second-order valence-corrected chi connectivity index (χ2v) is 11.8. The maximum Gasteiger partial charge on any atom is 0.319 e. The number of fused-ring (bicyclic) bond motifs is 3. The number of H-pyrrole nitrogens is 1. The van der Waals surface area contributed by atoms with Crippen molar-refractivity contribution in [2.75, 3.05) is 32.1 Å². The summed E-state index contributed by atoms with van der Waals surface area (Å²) in [5.74, 6) is 0.784. The van der Waals surface area contributed by atoms with E-state index in [1.165, 1.54) is 6.33 Å². The van der Waals surface area contributed by atoms with Crippen LogP contribution in [0.25, 0.3) is 21.9 Å². The molecule has 2 fully saturated rings. The highest BCUT2D eigenvalue weighted by atomic mass is 32.2. The van der Waals surface area contributed by atoms with Gasteiger partial charge < -0.3 is 19.7 Å². The van der Waals surface area contributed by atoms with E-state index in [0.29, 0.717) is 24.3 Å². The summed E-state index contributed by atoms with van der Waals surface area (Å²) in [4.78, 5) is 30.8. The summed E-state index contributed by atoms with van der Waals surface area (Å²) in [7, 11) is -0.0806. The van der Waals surface area contributed by atoms with Crippen LogP contribution in [-0.4, -0.2) is 84.0 Å². The lowest BCUT2D eigenvalue weighted by Crippen LogP contribution is -2.60. The van der Waals surface area contributed by atoms with Crippen LogP contribution in [0.3, 0.4) is 0 Å². The first-order chi connectivity index (χ1) is 16.0. The number of hydrogen-bond donors (Lipinski definition) is 2. The van der Waals surface area contributed by atoms with Crippen molar-refractivity contribution in [2.45, 2.75) is 56.1 Å². The zero-order valence-electron chi connectivity index (χ0n) is 20.2. The highest BCUT2D eigenvalue weighted by Crippen LogP contribution is 2.37. The largest absolute Gasteiger partial charge is 0.349 e. The summed E-state index contributed by atoms with van der Waals surface area (Å²) < 4.78 is 28.6. The van der Waals surface area contributed by atoms with E-state index >= 15 is 0 Å². The van der Waals surface area contributed by atoms with Crippen molar-refractivity contribution >= 4 is 43.8 Å². The van der Waals surface area contributed by atoms with Crippen LogP contribution in [0.1, 0.15) is 33.6 Å². The first kappa shape index (κ1) is 22.9. The van der Waals surface area contributed by atoms with Gasteiger partial charge in [0.2, 0.25) is 10.0 Å². The van der Waals surface area contributed by atoms with E-state index in [0.717, 1.165) is 29.4 Å². The summed E-state index contributed by atoms with van der Waals surface area (Å²) in [6.07, 6.45) is 3.22. The molecule has 3 aromatic rings. The summed E-state index contributed by atoms with van der Waals surface area (Å²) in [6.45, 7) is 7.26. The molecule has 1 aliphatic heterocycles. The Morgan fingerprint density at radius 1 is 1.18 bits per heavy atom. The molecule has 2 aliphatic rings. The van der Waals surface area contributed by atoms with Crippen molar-refractivity contribution in [3.05, 3.63) is 24.5 Å². The van der Waals surface area contributed by atoms with E-state index < -0.39 is 10.0 Å². The Morgan fingerprint density at radius 3 is 2.59 bits per heavy atom. The zero-order valence-corrected chi connectivity index (χ0v) is 21.0. The molecule has 2 amide bonds. The SMILES string of the molecule is C[C@@H]1CN(C(=O)N(C)C)[C@@H](C)CN1c1ncnc2[nH]c3cc(S(=O)(=O)NC4(C)CC4)ccc3c12. The third-order valence-corrected chi connectivity index (χ3v) is 8.55. The minimum Gasteiger partial charge on any atom is -0.349 e. The van der Waals surface area contributed by atoms with E-state index in [-0.39, 0.29) is 28.5 Å². The molecule has 10 nitrogen and oxygen atoms in total. The number of anilines is 1. The fraction of sp³-hybridized carbons (Fsp3) is 0.522. The van der Waals surface area contributed by atoms with Crippen molar-refractivity contribution in [2.24, 2.45) is 0 Å². The summed E-state index contributed by atoms with van der Waals surface area (Å²) in [6, 6.07) is 5.18. The smallest absolute Gasteiger partial charge is 0.319 e. The van der Waals surface area contributed by atoms with Crippen molar-refractivity contribution in [3.8, 4) is 0 Å². The lowest BCUT2D eigenvalue weighted by Gasteiger charge is -2.45. The summed E-state index contributed by atoms with van der Waals surface area (Å²) >= 11 is 0. The lowest BCUT2D eigenvalue weighted by atomic mass is 10.1. The highest BCUT2D eigenvalue weighted by Gasteiger charge is 2.41. The van der Waals surface area contributed by atoms with Gasteiger partial charge in [-0.15, -0.1) is 0 Å². The molecule has 5 rings (SSSR count). The first-order valence-corrected chi connectivity index (χ1v) is 13.0. The van der Waals surface area contributed by atoms with Gasteiger partial charge in [0.1, 0.15) is 17.8 Å². The molecule has 182 valence electrons. The summed E-state index contributed by atoms with van der Waals surface area (Å²) in [5, 5.41) is 1.73. The maximum absolute atomic E-state index is 12.9. The van der Waals surface area contributed by atoms with Crippen LogP contribution in [0.4, 0.5) is 10.6 Å². The Hall–Kier alpha value is -2.92. The van der Waals surface area contributed by atoms with E-state index in [9.17, 15) is 13.2 Å². The lowest BCUT2D eigenvalue weighted by molar-refractivity contribution is 0.137. The highest BCUT2D eigenvalue weighted by molar-refractivity contribution is 7.89. The molecule has 2 N–H and O–H groups in total. The van der Waals surface area contributed by atoms with Crippen molar-refractivity contribution in [1.29, 1.82) is 0 Å². The number of nitrogens with one attached hydrogen (secondary N) is 2. The van der Waals surface area contributed by atoms with Crippen LogP contribution in [-0.2, 0) is 10.0 Å². The minimum atomic E-state index is -3.61. The topological polar surface area (TPSA) is 115 Å². The molecule has 3 heterocycles. The fourth-order valence-electron chi connectivity index (χ4n) is 4.69. The van der Waals surface area contributed by atoms with E-state index in [1.54, 1.807) is 31.1 Å². The van der Waals surface area contributed by atoms with Crippen LogP contribution in [0, 0.1) is 0 Å². The van der Waals surface area contributed by atoms with Gasteiger partial charge in [-0.3, -0.25) is 0 Å². The zero-order chi connectivity index (χ0) is 24.4. The van der Waals surface area contributed by atoms with Gasteiger partial charge in [-0.2, -0.15) is 0 Å². The minimum absolute atomic E-state index is 0.00123. The van der Waals surface area contributed by atoms with Gasteiger partial charge in [-0.1, -0.05) is 6.07 Å². The number of amides is 2. The molecule has 0 bridgehead atoms. The number of carbonyl (C=O) groups excluding carboxylic acids is 1. The number of sulfonamides is 1. The normalized spacial score (nSPS) is 22.4. The molecular weight excluding hydrogens is 454 g/mol. The number of nitrogens with zero attached hydrogens (tertiary/aromatic N) is 5. The number of urea groups is 1. The van der Waals surface area contributed by atoms with Crippen LogP contribution >= 0.6 is 0 Å². The Kier molecular flexibility index (Phi) is 5.25. The number of aromatic amines is 1. The van der Waals surface area contributed by atoms with Crippen LogP contribution in [0.2, 0.25) is 0 Å². The van der Waals surface area contributed by atoms with Crippen molar-refractivity contribution in [1.82, 2.24) is 29.5 Å². The first-order valence-electron chi connectivity index (χ1n) is 11.5. The molecular formula is C23H31N7O3S. The molecule has 2 atom stereocenters. The monoisotopic (exact) mass is 485 g/mol. The van der Waals surface area contributed by atoms with Gasteiger partial charge in [-0.25, -0.2) is 27.9 Å². The molecule has 11 heteroatoms. The van der Waals surface area contributed by atoms with Gasteiger partial charge in [0.15, 0.2) is 0 Å². The molecule has 0 unspecified atom stereocenters. The number of carbonyl (C=O) groups is 1. The van der Waals surface area contributed by atoms with Gasteiger partial charge in [0.05, 0.1) is 10.3 Å². The van der Waals surface area contributed by atoms with Gasteiger partial charge in [0.25, 0.3) is 0 Å². The van der Waals surface area contributed by atoms with Gasteiger partial charge >= 0.3 is 6.03 Å². The average molecular weight is 486 g/mol. The Labute approximate surface area is 199 Å². The van der Waals surface area contributed by atoms with Crippen LogP contribution in [0.5, 0.6) is 0 Å². The molecule has 1 saturated carbocycles. The van der Waals surface area contributed by atoms with E-state index in [1.807, 2.05) is 24.8 Å². The Balaban J connectivity index is 1.52. The van der Waals surface area contributed by atoms with Crippen LogP contribution in [0.15, 0.2) is 29.4 Å². The summed E-state index contributed by atoms with van der Waals surface area (Å²) in [5.41, 5.74) is 1.02. The van der Waals surface area contributed by atoms with Gasteiger partial charge in [0, 0.05) is 55.7 Å². The standard InChI is InChI=1S/C23H31N7O3S/c1-14-12-30(22(31)28(4)5)15(2)11-29(14)21-19-17-7-6-16(34(32,33)27-23(3)8-9-23)10-18(17)26-20(19)24-13-25-21/h6-7,10,13-15,27H,8-9,11-12H2,1-5H3,(H,24,25,26)/t14-,15+/m1/s1. The predicted molar refractivity (Wildman–Crippen MR) is 131 cm³/mol. The van der Waals surface area contributed by atoms with Gasteiger partial charge in [-0.05, 0) is 45.7 Å². The number of piperazine rings is 1. The third-order valence-electron chi connectivity index (χ3n) is 6.92. The second-order valence-electron chi connectivity index (χ2n) is 10.1. The number of benzene rings is 1. The van der Waals surface area contributed by atoms with Crippen LogP contribution < -0.4 is 9.62 Å². The molecule has 2 aromatic heterocycles. The fourth-order valence-corrected chi connectivity index (χ4v) is 6.19. The van der Waals surface area contributed by atoms with E-state index in [4.69, 9.17) is 0 Å². The molecule has 0 radical (unpaired) electrons. The molecule has 34 heavy (non-hydrogen) atoms. The van der Waals surface area contributed by atoms with Crippen molar-refractivity contribution in [3.63, 3.8) is 0 Å². The second kappa shape index (κ2) is 7.81.